The van der Waals surface area contributed by atoms with Gasteiger partial charge in [-0.05, 0) is 60.0 Å². The van der Waals surface area contributed by atoms with E-state index >= 15 is 0 Å². The molecule has 1 N–H and O–H groups in total. The van der Waals surface area contributed by atoms with Gasteiger partial charge < -0.3 is 14.7 Å². The molecule has 31 heavy (non-hydrogen) atoms. The van der Waals surface area contributed by atoms with Gasteiger partial charge in [-0.15, -0.1) is 0 Å². The first kappa shape index (κ1) is 23.6. The van der Waals surface area contributed by atoms with Crippen LogP contribution >= 0.6 is 23.3 Å². The lowest BCUT2D eigenvalue weighted by atomic mass is 10.2. The zero-order chi connectivity index (χ0) is 22.4. The zero-order valence-electron chi connectivity index (χ0n) is 18.5. The van der Waals surface area contributed by atoms with Crippen molar-refractivity contribution in [2.24, 2.45) is 5.92 Å². The van der Waals surface area contributed by atoms with E-state index in [9.17, 15) is 4.57 Å². The van der Waals surface area contributed by atoms with Crippen molar-refractivity contribution < 1.29 is 9.09 Å². The monoisotopic (exact) mass is 500 g/mol. The lowest BCUT2D eigenvalue weighted by molar-refractivity contribution is 0.272. The topological polar surface area (TPSA) is 41.6 Å². The van der Waals surface area contributed by atoms with Crippen LogP contribution in [0.1, 0.15) is 25.2 Å². The predicted octanol–water partition coefficient (Wildman–Crippen LogP) is 6.90. The highest BCUT2D eigenvalue weighted by atomic mass is 79.9. The number of nitrogens with zero attached hydrogens (tertiary/aromatic N) is 1. The molecule has 0 saturated heterocycles. The van der Waals surface area contributed by atoms with E-state index in [1.165, 1.54) is 0 Å². The first-order valence-electron chi connectivity index (χ1n) is 10.4. The molecule has 4 nitrogen and oxygen atoms in total. The average Bonchev–Trinajstić information content (AvgIpc) is 2.77. The van der Waals surface area contributed by atoms with Crippen molar-refractivity contribution in [1.29, 1.82) is 0 Å². The zero-order valence-corrected chi connectivity index (χ0v) is 20.9. The van der Waals surface area contributed by atoms with Crippen LogP contribution in [0.25, 0.3) is 0 Å². The van der Waals surface area contributed by atoms with Gasteiger partial charge in [0.25, 0.3) is 7.37 Å². The first-order chi connectivity index (χ1) is 14.8. The maximum atomic E-state index is 14.7. The molecule has 0 heterocycles. The van der Waals surface area contributed by atoms with Crippen molar-refractivity contribution in [3.05, 3.63) is 88.9 Å². The summed E-state index contributed by atoms with van der Waals surface area (Å²) in [4.78, 5) is 2.03. The Labute approximate surface area is 194 Å². The minimum Gasteiger partial charge on any atom is -0.378 e. The van der Waals surface area contributed by atoms with Gasteiger partial charge >= 0.3 is 0 Å². The molecule has 164 valence electrons. The van der Waals surface area contributed by atoms with Gasteiger partial charge in [-0.25, -0.2) is 0 Å². The summed E-state index contributed by atoms with van der Waals surface area (Å²) in [6.07, 6.45) is 0. The van der Waals surface area contributed by atoms with Crippen LogP contribution in [0.15, 0.2) is 83.3 Å². The molecule has 0 fully saturated rings. The first-order valence-corrected chi connectivity index (χ1v) is 12.9. The van der Waals surface area contributed by atoms with E-state index in [1.54, 1.807) is 0 Å². The Morgan fingerprint density at radius 3 is 2.10 bits per heavy atom. The van der Waals surface area contributed by atoms with Gasteiger partial charge in [0.05, 0.1) is 6.61 Å². The number of rotatable bonds is 9. The third-order valence-electron chi connectivity index (χ3n) is 4.93. The molecule has 0 aliphatic heterocycles. The van der Waals surface area contributed by atoms with Crippen molar-refractivity contribution in [1.82, 2.24) is 0 Å². The molecule has 0 saturated carbocycles. The molecule has 2 unspecified atom stereocenters. The number of anilines is 2. The molecule has 3 rings (SSSR count). The predicted molar refractivity (Wildman–Crippen MR) is 136 cm³/mol. The van der Waals surface area contributed by atoms with Crippen molar-refractivity contribution in [3.63, 3.8) is 0 Å². The highest BCUT2D eigenvalue weighted by Gasteiger charge is 2.38. The second-order valence-corrected chi connectivity index (χ2v) is 11.6. The Hall–Kier alpha value is -2.07. The van der Waals surface area contributed by atoms with E-state index < -0.39 is 13.2 Å². The van der Waals surface area contributed by atoms with E-state index in [2.05, 4.69) is 35.1 Å². The number of para-hydroxylation sites is 1. The number of hydrogen-bond donors (Lipinski definition) is 1. The Morgan fingerprint density at radius 1 is 0.935 bits per heavy atom. The summed E-state index contributed by atoms with van der Waals surface area (Å²) in [6, 6.07) is 25.6. The summed E-state index contributed by atoms with van der Waals surface area (Å²) in [5.41, 5.74) is 2.86. The van der Waals surface area contributed by atoms with E-state index in [0.717, 1.165) is 21.4 Å². The fourth-order valence-electron chi connectivity index (χ4n) is 3.22. The highest BCUT2D eigenvalue weighted by Crippen LogP contribution is 2.59. The Kier molecular flexibility index (Phi) is 7.99. The summed E-state index contributed by atoms with van der Waals surface area (Å²) in [5.74, 6) is -0.261. The SMILES string of the molecule is CC(C)COP(=O)(c1ccc(N(C)C)cc1)C(Nc1ccccc1)c1ccc(Br)cc1. The molecular formula is C25H30BrN2O2P. The summed E-state index contributed by atoms with van der Waals surface area (Å²) in [7, 11) is 0.650. The highest BCUT2D eigenvalue weighted by molar-refractivity contribution is 9.10. The summed E-state index contributed by atoms with van der Waals surface area (Å²) >= 11 is 3.50. The third-order valence-corrected chi connectivity index (χ3v) is 8.11. The molecule has 0 aliphatic carbocycles. The second-order valence-electron chi connectivity index (χ2n) is 8.16. The van der Waals surface area contributed by atoms with E-state index in [0.29, 0.717) is 11.9 Å². The molecule has 3 aromatic rings. The molecule has 0 aromatic heterocycles. The molecule has 0 bridgehead atoms. The summed E-state index contributed by atoms with van der Waals surface area (Å²) < 4.78 is 21.9. The molecule has 2 atom stereocenters. The number of nitrogens with one attached hydrogen (secondary N) is 1. The van der Waals surface area contributed by atoms with E-state index in [-0.39, 0.29) is 5.92 Å². The van der Waals surface area contributed by atoms with Crippen LogP contribution in [0.3, 0.4) is 0 Å². The maximum Gasteiger partial charge on any atom is 0.258 e. The average molecular weight is 501 g/mol. The van der Waals surface area contributed by atoms with Crippen LogP contribution in [-0.4, -0.2) is 20.7 Å². The van der Waals surface area contributed by atoms with Crippen molar-refractivity contribution in [2.45, 2.75) is 19.6 Å². The van der Waals surface area contributed by atoms with E-state index in [4.69, 9.17) is 4.52 Å². The van der Waals surface area contributed by atoms with Crippen molar-refractivity contribution in [3.8, 4) is 0 Å². The van der Waals surface area contributed by atoms with Gasteiger partial charge in [0.1, 0.15) is 5.78 Å². The fraction of sp³-hybridized carbons (Fsp3) is 0.280. The fourth-order valence-corrected chi connectivity index (χ4v) is 6.05. The van der Waals surface area contributed by atoms with Crippen LogP contribution in [0.5, 0.6) is 0 Å². The molecule has 0 radical (unpaired) electrons. The van der Waals surface area contributed by atoms with Gasteiger partial charge in [-0.3, -0.25) is 4.57 Å². The maximum absolute atomic E-state index is 14.7. The lowest BCUT2D eigenvalue weighted by Crippen LogP contribution is -2.22. The molecule has 0 aliphatic rings. The number of halogens is 1. The number of hydrogen-bond acceptors (Lipinski definition) is 4. The van der Waals surface area contributed by atoms with Crippen LogP contribution < -0.4 is 15.5 Å². The molecule has 6 heteroatoms. The van der Waals surface area contributed by atoms with Gasteiger partial charge in [0.15, 0.2) is 0 Å². The minimum absolute atomic E-state index is 0.261. The number of benzene rings is 3. The Morgan fingerprint density at radius 2 is 1.55 bits per heavy atom. The Bertz CT molecular complexity index is 1010. The standard InChI is InChI=1S/C25H30BrN2O2P/c1-19(2)18-30-31(29,24-16-14-23(15-17-24)28(3)4)25(20-10-12-21(26)13-11-20)27-22-8-6-5-7-9-22/h5-17,19,25,27H,18H2,1-4H3. The normalized spacial score (nSPS) is 14.1. The van der Waals surface area contributed by atoms with Crippen molar-refractivity contribution >= 4 is 40.0 Å². The quantitative estimate of drug-likeness (QED) is 0.324. The molecule has 0 spiro atoms. The Balaban J connectivity index is 2.11. The van der Waals surface area contributed by atoms with Crippen molar-refractivity contribution in [2.75, 3.05) is 30.9 Å². The minimum atomic E-state index is -3.33. The van der Waals surface area contributed by atoms with Gasteiger partial charge in [-0.2, -0.15) is 0 Å². The van der Waals surface area contributed by atoms with E-state index in [1.807, 2.05) is 97.9 Å². The third kappa shape index (κ3) is 6.00. The van der Waals surface area contributed by atoms with Gasteiger partial charge in [-0.1, -0.05) is 60.1 Å². The van der Waals surface area contributed by atoms with Gasteiger partial charge in [0.2, 0.25) is 0 Å². The van der Waals surface area contributed by atoms with Crippen LogP contribution in [0, 0.1) is 5.92 Å². The molecular weight excluding hydrogens is 471 g/mol. The van der Waals surface area contributed by atoms with Gasteiger partial charge in [0, 0.05) is 35.2 Å². The summed E-state index contributed by atoms with van der Waals surface area (Å²) in [5, 5.41) is 4.20. The van der Waals surface area contributed by atoms with Crippen LogP contribution in [0.2, 0.25) is 0 Å². The molecule has 3 aromatic carbocycles. The summed E-state index contributed by atoms with van der Waals surface area (Å²) in [6.45, 7) is 4.55. The second kappa shape index (κ2) is 10.5. The smallest absolute Gasteiger partial charge is 0.258 e. The van der Waals surface area contributed by atoms with Crippen LogP contribution in [0.4, 0.5) is 11.4 Å². The molecule has 0 amide bonds. The lowest BCUT2D eigenvalue weighted by Gasteiger charge is -2.31. The largest absolute Gasteiger partial charge is 0.378 e. The van der Waals surface area contributed by atoms with Crippen LogP contribution in [-0.2, 0) is 9.09 Å².